The van der Waals surface area contributed by atoms with Crippen molar-refractivity contribution in [1.29, 1.82) is 0 Å². The maximum absolute atomic E-state index is 12.2. The maximum Gasteiger partial charge on any atom is 0.434 e. The highest BCUT2D eigenvalue weighted by molar-refractivity contribution is 6.40. The Balaban J connectivity index is 1.93. The summed E-state index contributed by atoms with van der Waals surface area (Å²) in [6, 6.07) is 3.09. The van der Waals surface area contributed by atoms with Gasteiger partial charge in [-0.2, -0.15) is 4.73 Å². The monoisotopic (exact) mass is 391 g/mol. The number of carbonyl (C=O) groups excluding carboxylic acids is 1. The lowest BCUT2D eigenvalue weighted by Crippen LogP contribution is -2.39. The maximum atomic E-state index is 12.2. The number of amides is 1. The molecule has 1 aromatic carbocycles. The summed E-state index contributed by atoms with van der Waals surface area (Å²) in [6.07, 6.45) is 4.73. The summed E-state index contributed by atoms with van der Waals surface area (Å²) in [5, 5.41) is 1.06. The summed E-state index contributed by atoms with van der Waals surface area (Å²) in [6.45, 7) is 3.01. The molecule has 0 aliphatic carbocycles. The topological polar surface area (TPSA) is 56.6 Å². The predicted octanol–water partition coefficient (Wildman–Crippen LogP) is 4.18. The zero-order valence-electron chi connectivity index (χ0n) is 12.9. The van der Waals surface area contributed by atoms with Crippen LogP contribution >= 0.6 is 34.8 Å². The second-order valence-corrected chi connectivity index (χ2v) is 6.06. The predicted molar refractivity (Wildman–Crippen MR) is 93.0 cm³/mol. The molecule has 1 amide bonds. The smallest absolute Gasteiger partial charge is 0.434 e. The number of imidazole rings is 1. The van der Waals surface area contributed by atoms with Gasteiger partial charge in [0.2, 0.25) is 0 Å². The third kappa shape index (κ3) is 5.19. The molecule has 0 N–H and O–H groups in total. The van der Waals surface area contributed by atoms with Crippen LogP contribution in [-0.2, 0) is 0 Å². The molecule has 0 saturated carbocycles. The average Bonchev–Trinajstić information content (AvgIpc) is 3.01. The summed E-state index contributed by atoms with van der Waals surface area (Å²) in [7, 11) is 0. The molecular formula is C15H16Cl3N3O3. The van der Waals surface area contributed by atoms with Gasteiger partial charge in [-0.1, -0.05) is 41.7 Å². The third-order valence-electron chi connectivity index (χ3n) is 2.99. The Kier molecular flexibility index (Phi) is 7.02. The average molecular weight is 393 g/mol. The fraction of sp³-hybridized carbons (Fsp3) is 0.333. The van der Waals surface area contributed by atoms with E-state index in [1.807, 2.05) is 6.92 Å². The number of ether oxygens (including phenoxy) is 1. The van der Waals surface area contributed by atoms with Gasteiger partial charge in [-0.05, 0) is 18.6 Å². The summed E-state index contributed by atoms with van der Waals surface area (Å²) in [4.78, 5) is 22.6. The van der Waals surface area contributed by atoms with Crippen molar-refractivity contribution < 1.29 is 14.4 Å². The number of rotatable bonds is 7. The van der Waals surface area contributed by atoms with Crippen molar-refractivity contribution in [2.45, 2.75) is 13.3 Å². The first-order valence-electron chi connectivity index (χ1n) is 7.23. The summed E-state index contributed by atoms with van der Waals surface area (Å²) < 4.78 is 6.83. The summed E-state index contributed by atoms with van der Waals surface area (Å²) in [5.41, 5.74) is 0. The molecule has 6 nitrogen and oxygen atoms in total. The SMILES string of the molecule is CCCN(CCOc1c(Cl)cc(Cl)cc1Cl)C(=O)On1ccnc1. The van der Waals surface area contributed by atoms with Gasteiger partial charge in [0.05, 0.1) is 22.8 Å². The second kappa shape index (κ2) is 9.01. The molecule has 0 aliphatic rings. The molecule has 0 bridgehead atoms. The molecule has 1 heterocycles. The van der Waals surface area contributed by atoms with Gasteiger partial charge in [0.1, 0.15) is 12.9 Å². The molecule has 130 valence electrons. The second-order valence-electron chi connectivity index (χ2n) is 4.81. The molecule has 1 aromatic heterocycles. The van der Waals surface area contributed by atoms with E-state index in [2.05, 4.69) is 4.98 Å². The van der Waals surface area contributed by atoms with E-state index >= 15 is 0 Å². The van der Waals surface area contributed by atoms with E-state index in [0.29, 0.717) is 33.9 Å². The van der Waals surface area contributed by atoms with Gasteiger partial charge in [-0.3, -0.25) is 0 Å². The fourth-order valence-electron chi connectivity index (χ4n) is 1.94. The Hall–Kier alpha value is -1.63. The first-order valence-corrected chi connectivity index (χ1v) is 8.37. The molecule has 2 aromatic rings. The molecule has 2 rings (SSSR count). The molecule has 0 unspecified atom stereocenters. The van der Waals surface area contributed by atoms with Gasteiger partial charge in [-0.25, -0.2) is 9.78 Å². The van der Waals surface area contributed by atoms with Crippen LogP contribution in [0.25, 0.3) is 0 Å². The van der Waals surface area contributed by atoms with E-state index in [9.17, 15) is 4.79 Å². The van der Waals surface area contributed by atoms with Crippen LogP contribution in [0.1, 0.15) is 13.3 Å². The van der Waals surface area contributed by atoms with Crippen molar-refractivity contribution in [3.63, 3.8) is 0 Å². The molecular weight excluding hydrogens is 377 g/mol. The summed E-state index contributed by atoms with van der Waals surface area (Å²) in [5.74, 6) is 0.335. The van der Waals surface area contributed by atoms with E-state index in [-0.39, 0.29) is 6.61 Å². The van der Waals surface area contributed by atoms with E-state index in [1.165, 1.54) is 28.4 Å². The van der Waals surface area contributed by atoms with Gasteiger partial charge in [-0.15, -0.1) is 0 Å². The number of nitrogens with zero attached hydrogens (tertiary/aromatic N) is 3. The van der Waals surface area contributed by atoms with Gasteiger partial charge in [0.15, 0.2) is 5.75 Å². The number of halogens is 3. The van der Waals surface area contributed by atoms with Gasteiger partial charge in [0.25, 0.3) is 0 Å². The Morgan fingerprint density at radius 3 is 2.54 bits per heavy atom. The zero-order chi connectivity index (χ0) is 17.5. The minimum absolute atomic E-state index is 0.208. The summed E-state index contributed by atoms with van der Waals surface area (Å²) >= 11 is 18.0. The largest absolute Gasteiger partial charge is 0.489 e. The lowest BCUT2D eigenvalue weighted by Gasteiger charge is -2.21. The van der Waals surface area contributed by atoms with Crippen LogP contribution in [-0.4, -0.2) is 40.4 Å². The van der Waals surface area contributed by atoms with Crippen molar-refractivity contribution in [2.24, 2.45) is 0 Å². The van der Waals surface area contributed by atoms with Crippen LogP contribution < -0.4 is 9.57 Å². The van der Waals surface area contributed by atoms with Crippen molar-refractivity contribution >= 4 is 40.9 Å². The first-order chi connectivity index (χ1) is 11.5. The van der Waals surface area contributed by atoms with E-state index in [0.717, 1.165) is 6.42 Å². The Bertz CT molecular complexity index is 657. The van der Waals surface area contributed by atoms with E-state index in [1.54, 1.807) is 12.1 Å². The minimum Gasteiger partial charge on any atom is -0.489 e. The number of benzene rings is 1. The molecule has 9 heteroatoms. The van der Waals surface area contributed by atoms with Crippen LogP contribution in [0.4, 0.5) is 4.79 Å². The minimum atomic E-state index is -0.494. The highest BCUT2D eigenvalue weighted by atomic mass is 35.5. The molecule has 0 aliphatic heterocycles. The van der Waals surface area contributed by atoms with Crippen molar-refractivity contribution in [3.05, 3.63) is 45.9 Å². The van der Waals surface area contributed by atoms with Crippen LogP contribution in [0.2, 0.25) is 15.1 Å². The molecule has 0 saturated heterocycles. The Morgan fingerprint density at radius 2 is 1.96 bits per heavy atom. The van der Waals surface area contributed by atoms with Crippen LogP contribution in [0.15, 0.2) is 30.9 Å². The van der Waals surface area contributed by atoms with Gasteiger partial charge < -0.3 is 14.5 Å². The number of aromatic nitrogens is 2. The van der Waals surface area contributed by atoms with Gasteiger partial charge >= 0.3 is 6.09 Å². The standard InChI is InChI=1S/C15H16Cl3N3O3/c1-2-4-20(15(22)24-21-5-3-19-10-21)6-7-23-14-12(17)8-11(16)9-13(14)18/h3,5,8-10H,2,4,6-7H2,1H3. The Morgan fingerprint density at radius 1 is 1.25 bits per heavy atom. The quantitative estimate of drug-likeness (QED) is 0.709. The van der Waals surface area contributed by atoms with Crippen molar-refractivity contribution in [3.8, 4) is 5.75 Å². The third-order valence-corrected chi connectivity index (χ3v) is 3.77. The Labute approximate surface area is 154 Å². The van der Waals surface area contributed by atoms with Crippen molar-refractivity contribution in [2.75, 3.05) is 19.7 Å². The highest BCUT2D eigenvalue weighted by Crippen LogP contribution is 2.35. The van der Waals surface area contributed by atoms with Crippen LogP contribution in [0.5, 0.6) is 5.75 Å². The van der Waals surface area contributed by atoms with Crippen molar-refractivity contribution in [1.82, 2.24) is 14.6 Å². The number of carbonyl (C=O) groups is 1. The molecule has 0 atom stereocenters. The fourth-order valence-corrected chi connectivity index (χ4v) is 2.86. The lowest BCUT2D eigenvalue weighted by molar-refractivity contribution is 0.0866. The molecule has 0 radical (unpaired) electrons. The highest BCUT2D eigenvalue weighted by Gasteiger charge is 2.16. The molecule has 0 spiro atoms. The number of hydrogen-bond donors (Lipinski definition) is 0. The van der Waals surface area contributed by atoms with Crippen LogP contribution in [0, 0.1) is 0 Å². The number of hydrogen-bond acceptors (Lipinski definition) is 4. The van der Waals surface area contributed by atoms with Gasteiger partial charge in [0, 0.05) is 17.8 Å². The lowest BCUT2D eigenvalue weighted by atomic mass is 10.3. The molecule has 0 fully saturated rings. The van der Waals surface area contributed by atoms with Crippen LogP contribution in [0.3, 0.4) is 0 Å². The first kappa shape index (κ1) is 18.7. The zero-order valence-corrected chi connectivity index (χ0v) is 15.2. The van der Waals surface area contributed by atoms with E-state index < -0.39 is 6.09 Å². The van der Waals surface area contributed by atoms with E-state index in [4.69, 9.17) is 44.4 Å². The molecule has 24 heavy (non-hydrogen) atoms. The normalized spacial score (nSPS) is 10.5.